The Morgan fingerprint density at radius 2 is 0.581 bits per heavy atom. The van der Waals surface area contributed by atoms with Crippen molar-refractivity contribution < 1.29 is 124 Å². The Balaban J connectivity index is 0.00000121. The van der Waals surface area contributed by atoms with E-state index in [-0.39, 0.29) is 73.3 Å². The molecule has 4 aromatic carbocycles. The Labute approximate surface area is 482 Å². The molecule has 4 rings (SSSR count). The van der Waals surface area contributed by atoms with Gasteiger partial charge in [-0.05, 0) is 74.2 Å². The van der Waals surface area contributed by atoms with Crippen molar-refractivity contribution in [1.29, 1.82) is 0 Å². The van der Waals surface area contributed by atoms with Crippen LogP contribution in [0.2, 0.25) is 0 Å². The Hall–Kier alpha value is -5.38. The summed E-state index contributed by atoms with van der Waals surface area (Å²) in [6, 6.07) is 1.24. The third-order valence-electron chi connectivity index (χ3n) is 13.3. The molecule has 0 heterocycles. The first-order valence-corrected chi connectivity index (χ1v) is 27.6. The van der Waals surface area contributed by atoms with E-state index < -0.39 is 136 Å². The maximum Gasteiger partial charge on any atom is 0.864 e. The third kappa shape index (κ3) is 26.5. The van der Waals surface area contributed by atoms with Gasteiger partial charge in [-0.25, -0.2) is 0 Å². The van der Waals surface area contributed by atoms with Gasteiger partial charge in [0.2, 0.25) is 0 Å². The molecule has 1 atom stereocenters. The first-order chi connectivity index (χ1) is 39.7. The molecule has 0 aliphatic heterocycles. The first-order valence-electron chi connectivity index (χ1n) is 27.6. The van der Waals surface area contributed by atoms with E-state index in [1.165, 1.54) is 0 Å². The molecule has 4 aromatic rings. The summed E-state index contributed by atoms with van der Waals surface area (Å²) in [5, 5.41) is 0. The van der Waals surface area contributed by atoms with Crippen LogP contribution < -0.4 is 18.9 Å². The molecule has 0 saturated heterocycles. The quantitative estimate of drug-likeness (QED) is 0.0244. The molecule has 1 N–H and O–H groups in total. The molecule has 486 valence electrons. The van der Waals surface area contributed by atoms with Crippen LogP contribution in [0.1, 0.15) is 193 Å². The van der Waals surface area contributed by atoms with Crippen molar-refractivity contribution in [3.05, 3.63) is 117 Å². The van der Waals surface area contributed by atoms with Crippen LogP contribution in [0.25, 0.3) is 0 Å². The number of hydrogen-bond donors (Lipinski definition) is 1. The largest absolute Gasteiger partial charge is 0.864 e. The summed E-state index contributed by atoms with van der Waals surface area (Å²) in [6.45, 7) is 3.75. The molecule has 29 heteroatoms. The van der Waals surface area contributed by atoms with Gasteiger partial charge in [0.05, 0.1) is 40.9 Å². The molecule has 0 fully saturated rings. The zero-order valence-corrected chi connectivity index (χ0v) is 46.5. The van der Waals surface area contributed by atoms with Crippen LogP contribution in [0.4, 0.5) is 111 Å². The monoisotopic (exact) mass is 1280 g/mol. The standard InChI is InChI=1S/C49H60BF18NO3.C8H3F6/c1-3-5-7-9-11-13-15-17-19-21-23-25-69(24-22-20-18-16-14-12-10-8-6-4-2)43-41(49(66,67)68)32-38(48(63,64)65)33-42(43)72-50(70-39-28-34(44(51,52)53)26-35(29-39)45(54,55)56)71-40-30-36(46(57,58)59)27-37(31-40)47(60,61)62;9-7(10,11)5-2-1-3-6(4-5)8(12,13)14/h26-33H,3-25H2,1-2H3;2-4H/q;-1/p+1. The zero-order chi connectivity index (χ0) is 65.0. The summed E-state index contributed by atoms with van der Waals surface area (Å²) >= 11 is 0. The minimum absolute atomic E-state index is 0.00387. The van der Waals surface area contributed by atoms with Gasteiger partial charge in [0.15, 0.2) is 11.4 Å². The van der Waals surface area contributed by atoms with E-state index in [2.05, 4.69) is 13.8 Å². The highest BCUT2D eigenvalue weighted by molar-refractivity contribution is 6.39. The van der Waals surface area contributed by atoms with Gasteiger partial charge in [0.25, 0.3) is 0 Å². The lowest BCUT2D eigenvalue weighted by Gasteiger charge is -2.27. The van der Waals surface area contributed by atoms with Crippen LogP contribution in [0, 0.1) is 6.07 Å². The molecule has 86 heavy (non-hydrogen) atoms. The fourth-order valence-electron chi connectivity index (χ4n) is 8.85. The number of nitrogens with one attached hydrogen (secondary N) is 1. The second-order valence-corrected chi connectivity index (χ2v) is 20.3. The summed E-state index contributed by atoms with van der Waals surface area (Å²) in [5.74, 6) is -4.58. The molecule has 0 aliphatic carbocycles. The molecule has 0 radical (unpaired) electrons. The molecular weight excluding hydrogens is 1210 g/mol. The highest BCUT2D eigenvalue weighted by Crippen LogP contribution is 2.45. The molecule has 0 amide bonds. The second-order valence-electron chi connectivity index (χ2n) is 20.3. The molecular formula is C57H64BF24NO3. The number of unbranched alkanes of at least 4 members (excludes halogenated alkanes) is 19. The second kappa shape index (κ2) is 32.7. The SMILES string of the molecule is CCCCCCCCCCCCC[NH+](CCCCCCCCCCCC)c1c(OB(Oc2cc(C(F)(F)F)cc(C(F)(F)F)c2)Oc2cc(C(F)(F)F)cc(C(F)(F)F)c2)cc(C(F)(F)F)cc1C(F)(F)F.FC(F)(F)c1c[c-]cc(C(F)(F)F)c1. The highest BCUT2D eigenvalue weighted by Gasteiger charge is 2.47. The minimum atomic E-state index is -5.63. The van der Waals surface area contributed by atoms with E-state index in [9.17, 15) is 92.2 Å². The Morgan fingerprint density at radius 3 is 0.860 bits per heavy atom. The van der Waals surface area contributed by atoms with Crippen LogP contribution >= 0.6 is 0 Å². The maximum absolute atomic E-state index is 15.2. The number of benzene rings is 4. The van der Waals surface area contributed by atoms with Crippen molar-refractivity contribution in [2.75, 3.05) is 13.1 Å². The third-order valence-corrected chi connectivity index (χ3v) is 13.3. The van der Waals surface area contributed by atoms with Crippen LogP contribution in [0.5, 0.6) is 17.2 Å². The van der Waals surface area contributed by atoms with Gasteiger partial charge in [0.1, 0.15) is 17.1 Å². The summed E-state index contributed by atoms with van der Waals surface area (Å²) in [7, 11) is -3.26. The van der Waals surface area contributed by atoms with Gasteiger partial charge in [-0.3, -0.25) is 4.90 Å². The Kier molecular flexibility index (Phi) is 28.5. The lowest BCUT2D eigenvalue weighted by molar-refractivity contribution is -0.834. The van der Waals surface area contributed by atoms with Crippen molar-refractivity contribution in [3.8, 4) is 17.2 Å². The zero-order valence-electron chi connectivity index (χ0n) is 46.5. The predicted molar refractivity (Wildman–Crippen MR) is 271 cm³/mol. The van der Waals surface area contributed by atoms with Gasteiger partial charge in [-0.1, -0.05) is 134 Å². The van der Waals surface area contributed by atoms with Gasteiger partial charge < -0.3 is 14.0 Å². The van der Waals surface area contributed by atoms with Gasteiger partial charge >= 0.3 is 56.7 Å². The number of hydrogen-bond acceptors (Lipinski definition) is 3. The molecule has 4 nitrogen and oxygen atoms in total. The van der Waals surface area contributed by atoms with Crippen molar-refractivity contribution in [2.45, 2.75) is 198 Å². The van der Waals surface area contributed by atoms with Crippen LogP contribution in [0.3, 0.4) is 0 Å². The summed E-state index contributed by atoms with van der Waals surface area (Å²) in [5.41, 5.74) is -16.1. The predicted octanol–water partition coefficient (Wildman–Crippen LogP) is 21.6. The average molecular weight is 1280 g/mol. The van der Waals surface area contributed by atoms with E-state index in [0.29, 0.717) is 37.8 Å². The van der Waals surface area contributed by atoms with E-state index >= 15 is 13.2 Å². The first kappa shape index (κ1) is 74.9. The number of alkyl halides is 24. The van der Waals surface area contributed by atoms with Crippen molar-refractivity contribution in [3.63, 3.8) is 0 Å². The maximum atomic E-state index is 15.2. The van der Waals surface area contributed by atoms with Crippen molar-refractivity contribution in [2.24, 2.45) is 0 Å². The minimum Gasteiger partial charge on any atom is -0.490 e. The smallest absolute Gasteiger partial charge is 0.490 e. The highest BCUT2D eigenvalue weighted by atomic mass is 19.4. The van der Waals surface area contributed by atoms with Crippen LogP contribution in [-0.2, 0) is 49.4 Å². The van der Waals surface area contributed by atoms with E-state index in [1.54, 1.807) is 6.07 Å². The normalized spacial score (nSPS) is 13.3. The molecule has 0 aliphatic rings. The number of halogens is 24. The average Bonchev–Trinajstić information content (AvgIpc) is 1.07. The number of rotatable bonds is 30. The van der Waals surface area contributed by atoms with E-state index in [1.807, 2.05) is 0 Å². The topological polar surface area (TPSA) is 32.1 Å². The molecule has 0 saturated carbocycles. The lowest BCUT2D eigenvalue weighted by Crippen LogP contribution is -3.07. The summed E-state index contributed by atoms with van der Waals surface area (Å²) < 4.78 is 344. The lowest BCUT2D eigenvalue weighted by atomic mass is 10.0. The Bertz CT molecular complexity index is 2470. The van der Waals surface area contributed by atoms with E-state index in [0.717, 1.165) is 96.3 Å². The van der Waals surface area contributed by atoms with Gasteiger partial charge in [-0.2, -0.15) is 124 Å². The molecule has 0 bridgehead atoms. The fraction of sp³-hybridized carbons (Fsp3) is 0.579. The van der Waals surface area contributed by atoms with E-state index in [4.69, 9.17) is 14.0 Å². The van der Waals surface area contributed by atoms with Crippen LogP contribution in [0.15, 0.2) is 66.7 Å². The van der Waals surface area contributed by atoms with Crippen molar-refractivity contribution >= 4 is 13.0 Å². The van der Waals surface area contributed by atoms with Gasteiger partial charge in [0, 0.05) is 0 Å². The molecule has 0 aromatic heterocycles. The van der Waals surface area contributed by atoms with Crippen molar-refractivity contribution in [1.82, 2.24) is 0 Å². The fourth-order valence-corrected chi connectivity index (χ4v) is 8.85. The molecule has 0 spiro atoms. The summed E-state index contributed by atoms with van der Waals surface area (Å²) in [4.78, 5) is -0.142. The molecule has 1 unspecified atom stereocenters. The Morgan fingerprint density at radius 1 is 0.314 bits per heavy atom. The number of quaternary nitrogens is 1. The van der Waals surface area contributed by atoms with Gasteiger partial charge in [-0.15, -0.1) is 6.07 Å². The van der Waals surface area contributed by atoms with Crippen LogP contribution in [-0.4, -0.2) is 20.4 Å². The summed E-state index contributed by atoms with van der Waals surface area (Å²) in [6.07, 6.45) is -26.0.